The average molecular weight is 223 g/mol. The van der Waals surface area contributed by atoms with Gasteiger partial charge >= 0.3 is 0 Å². The standard InChI is InChI=1S/C13H21NO2/c1-4-13(15)11-7-5-6-8-12(11)14(2)9-10-16-3/h5-8,13,15H,4,9-10H2,1-3H3. The fourth-order valence-corrected chi connectivity index (χ4v) is 1.69. The molecule has 16 heavy (non-hydrogen) atoms. The summed E-state index contributed by atoms with van der Waals surface area (Å²) in [5, 5.41) is 9.93. The van der Waals surface area contributed by atoms with E-state index in [1.165, 1.54) is 0 Å². The lowest BCUT2D eigenvalue weighted by Gasteiger charge is -2.23. The first-order chi connectivity index (χ1) is 7.70. The van der Waals surface area contributed by atoms with Crippen LogP contribution in [0.2, 0.25) is 0 Å². The van der Waals surface area contributed by atoms with Crippen LogP contribution < -0.4 is 4.90 Å². The van der Waals surface area contributed by atoms with Crippen molar-refractivity contribution in [3.05, 3.63) is 29.8 Å². The Labute approximate surface area is 97.7 Å². The predicted octanol–water partition coefficient (Wildman–Crippen LogP) is 2.21. The average Bonchev–Trinajstić information content (AvgIpc) is 2.35. The van der Waals surface area contributed by atoms with Gasteiger partial charge in [0.05, 0.1) is 12.7 Å². The molecule has 0 saturated carbocycles. The summed E-state index contributed by atoms with van der Waals surface area (Å²) in [5.74, 6) is 0. The first kappa shape index (κ1) is 13.0. The summed E-state index contributed by atoms with van der Waals surface area (Å²) in [6.07, 6.45) is 0.343. The maximum absolute atomic E-state index is 9.93. The van der Waals surface area contributed by atoms with E-state index in [2.05, 4.69) is 4.90 Å². The number of nitrogens with zero attached hydrogens (tertiary/aromatic N) is 1. The highest BCUT2D eigenvalue weighted by atomic mass is 16.5. The molecular formula is C13H21NO2. The van der Waals surface area contributed by atoms with Gasteiger partial charge in [-0.3, -0.25) is 0 Å². The van der Waals surface area contributed by atoms with Crippen molar-refractivity contribution in [2.75, 3.05) is 32.2 Å². The monoisotopic (exact) mass is 223 g/mol. The van der Waals surface area contributed by atoms with Crippen LogP contribution in [0.5, 0.6) is 0 Å². The molecule has 90 valence electrons. The lowest BCUT2D eigenvalue weighted by molar-refractivity contribution is 0.173. The number of hydrogen-bond donors (Lipinski definition) is 1. The highest BCUT2D eigenvalue weighted by Crippen LogP contribution is 2.27. The van der Waals surface area contributed by atoms with Crippen LogP contribution in [0.4, 0.5) is 5.69 Å². The molecule has 3 nitrogen and oxygen atoms in total. The van der Waals surface area contributed by atoms with Crippen molar-refractivity contribution in [2.45, 2.75) is 19.4 Å². The quantitative estimate of drug-likeness (QED) is 0.802. The van der Waals surface area contributed by atoms with E-state index in [0.717, 1.165) is 24.2 Å². The summed E-state index contributed by atoms with van der Waals surface area (Å²) in [4.78, 5) is 2.11. The Balaban J connectivity index is 2.85. The molecule has 0 heterocycles. The first-order valence-corrected chi connectivity index (χ1v) is 5.67. The number of anilines is 1. The van der Waals surface area contributed by atoms with E-state index in [0.29, 0.717) is 6.61 Å². The Bertz CT molecular complexity index is 315. The second kappa shape index (κ2) is 6.51. The predicted molar refractivity (Wildman–Crippen MR) is 66.8 cm³/mol. The Morgan fingerprint density at radius 2 is 2.06 bits per heavy atom. The van der Waals surface area contributed by atoms with E-state index >= 15 is 0 Å². The summed E-state index contributed by atoms with van der Waals surface area (Å²) < 4.78 is 5.06. The molecule has 1 aromatic carbocycles. The molecule has 1 aromatic rings. The zero-order chi connectivity index (χ0) is 12.0. The molecule has 0 spiro atoms. The number of ether oxygens (including phenoxy) is 1. The van der Waals surface area contributed by atoms with E-state index in [-0.39, 0.29) is 6.10 Å². The van der Waals surface area contributed by atoms with Gasteiger partial charge < -0.3 is 14.7 Å². The smallest absolute Gasteiger partial charge is 0.0807 e. The zero-order valence-corrected chi connectivity index (χ0v) is 10.3. The Kier molecular flexibility index (Phi) is 5.29. The van der Waals surface area contributed by atoms with Crippen LogP contribution >= 0.6 is 0 Å². The van der Waals surface area contributed by atoms with Gasteiger partial charge in [0.2, 0.25) is 0 Å². The maximum Gasteiger partial charge on any atom is 0.0807 e. The fraction of sp³-hybridized carbons (Fsp3) is 0.538. The van der Waals surface area contributed by atoms with E-state index in [1.807, 2.05) is 38.2 Å². The van der Waals surface area contributed by atoms with Gasteiger partial charge in [0.15, 0.2) is 0 Å². The topological polar surface area (TPSA) is 32.7 Å². The maximum atomic E-state index is 9.93. The first-order valence-electron chi connectivity index (χ1n) is 5.67. The van der Waals surface area contributed by atoms with E-state index in [9.17, 15) is 5.11 Å². The largest absolute Gasteiger partial charge is 0.388 e. The highest BCUT2D eigenvalue weighted by Gasteiger charge is 2.12. The number of aliphatic hydroxyl groups excluding tert-OH is 1. The molecule has 0 aromatic heterocycles. The van der Waals surface area contributed by atoms with Crippen molar-refractivity contribution >= 4 is 5.69 Å². The summed E-state index contributed by atoms with van der Waals surface area (Å²) in [6.45, 7) is 3.49. The third kappa shape index (κ3) is 3.22. The molecular weight excluding hydrogens is 202 g/mol. The summed E-state index contributed by atoms with van der Waals surface area (Å²) in [6, 6.07) is 7.96. The van der Waals surface area contributed by atoms with E-state index in [1.54, 1.807) is 7.11 Å². The SMILES string of the molecule is CCC(O)c1ccccc1N(C)CCOC. The molecule has 1 N–H and O–H groups in total. The van der Waals surface area contributed by atoms with Crippen LogP contribution in [0.1, 0.15) is 25.0 Å². The van der Waals surface area contributed by atoms with Crippen LogP contribution in [0.3, 0.4) is 0 Å². The minimum atomic E-state index is -0.388. The molecule has 1 rings (SSSR count). The number of aliphatic hydroxyl groups is 1. The molecule has 0 aliphatic heterocycles. The molecule has 0 radical (unpaired) electrons. The zero-order valence-electron chi connectivity index (χ0n) is 10.3. The number of para-hydroxylation sites is 1. The van der Waals surface area contributed by atoms with Crippen molar-refractivity contribution in [2.24, 2.45) is 0 Å². The fourth-order valence-electron chi connectivity index (χ4n) is 1.69. The Morgan fingerprint density at radius 3 is 2.69 bits per heavy atom. The van der Waals surface area contributed by atoms with Crippen LogP contribution in [0, 0.1) is 0 Å². The molecule has 0 saturated heterocycles. The lowest BCUT2D eigenvalue weighted by Crippen LogP contribution is -2.23. The van der Waals surface area contributed by atoms with Gasteiger partial charge in [0.25, 0.3) is 0 Å². The van der Waals surface area contributed by atoms with Gasteiger partial charge in [-0.05, 0) is 12.5 Å². The second-order valence-electron chi connectivity index (χ2n) is 3.90. The van der Waals surface area contributed by atoms with Crippen molar-refractivity contribution in [3.8, 4) is 0 Å². The second-order valence-corrected chi connectivity index (χ2v) is 3.90. The normalized spacial score (nSPS) is 12.5. The molecule has 1 unspecified atom stereocenters. The summed E-state index contributed by atoms with van der Waals surface area (Å²) >= 11 is 0. The van der Waals surface area contributed by atoms with E-state index in [4.69, 9.17) is 4.74 Å². The molecule has 0 fully saturated rings. The van der Waals surface area contributed by atoms with Gasteiger partial charge in [-0.1, -0.05) is 25.1 Å². The van der Waals surface area contributed by atoms with Gasteiger partial charge in [0.1, 0.15) is 0 Å². The number of hydrogen-bond acceptors (Lipinski definition) is 3. The molecule has 0 amide bonds. The summed E-state index contributed by atoms with van der Waals surface area (Å²) in [5.41, 5.74) is 2.07. The molecule has 1 atom stereocenters. The lowest BCUT2D eigenvalue weighted by atomic mass is 10.0. The van der Waals surface area contributed by atoms with Crippen molar-refractivity contribution < 1.29 is 9.84 Å². The Hall–Kier alpha value is -1.06. The third-order valence-electron chi connectivity index (χ3n) is 2.72. The number of rotatable bonds is 6. The van der Waals surface area contributed by atoms with Crippen LogP contribution in [-0.2, 0) is 4.74 Å². The van der Waals surface area contributed by atoms with Crippen molar-refractivity contribution in [3.63, 3.8) is 0 Å². The van der Waals surface area contributed by atoms with Crippen LogP contribution in [-0.4, -0.2) is 32.4 Å². The minimum absolute atomic E-state index is 0.388. The van der Waals surface area contributed by atoms with Crippen LogP contribution in [0.15, 0.2) is 24.3 Å². The van der Waals surface area contributed by atoms with Crippen molar-refractivity contribution in [1.82, 2.24) is 0 Å². The molecule has 0 aliphatic carbocycles. The molecule has 3 heteroatoms. The van der Waals surface area contributed by atoms with Gasteiger partial charge in [-0.15, -0.1) is 0 Å². The molecule has 0 bridgehead atoms. The third-order valence-corrected chi connectivity index (χ3v) is 2.72. The van der Waals surface area contributed by atoms with E-state index < -0.39 is 0 Å². The number of methoxy groups -OCH3 is 1. The molecule has 0 aliphatic rings. The van der Waals surface area contributed by atoms with Crippen LogP contribution in [0.25, 0.3) is 0 Å². The van der Waals surface area contributed by atoms with Gasteiger partial charge in [-0.2, -0.15) is 0 Å². The van der Waals surface area contributed by atoms with Gasteiger partial charge in [-0.25, -0.2) is 0 Å². The highest BCUT2D eigenvalue weighted by molar-refractivity contribution is 5.54. The summed E-state index contributed by atoms with van der Waals surface area (Å²) in [7, 11) is 3.71. The number of benzene rings is 1. The number of likely N-dealkylation sites (N-methyl/N-ethyl adjacent to an activating group) is 1. The van der Waals surface area contributed by atoms with Gasteiger partial charge in [0, 0.05) is 32.0 Å². The minimum Gasteiger partial charge on any atom is -0.388 e. The van der Waals surface area contributed by atoms with Crippen molar-refractivity contribution in [1.29, 1.82) is 0 Å². The Morgan fingerprint density at radius 1 is 1.38 bits per heavy atom.